The zero-order valence-corrected chi connectivity index (χ0v) is 65.5. The molecule has 1 amide bonds. The Morgan fingerprint density at radius 2 is 0.827 bits per heavy atom. The number of allylic oxidation sites excluding steroid dienone is 1. The Hall–Kier alpha value is -9.30. The van der Waals surface area contributed by atoms with Crippen LogP contribution in [0.5, 0.6) is 0 Å². The number of nitrogens with one attached hydrogen (secondary N) is 1. The monoisotopic (exact) mass is 1540 g/mol. The summed E-state index contributed by atoms with van der Waals surface area (Å²) in [5, 5.41) is 23.2. The van der Waals surface area contributed by atoms with Crippen molar-refractivity contribution in [2.24, 2.45) is 0 Å². The Bertz CT molecular complexity index is 5680. The van der Waals surface area contributed by atoms with Crippen LogP contribution in [0.1, 0.15) is 91.1 Å². The van der Waals surface area contributed by atoms with E-state index >= 15 is 0 Å². The third-order valence-electron chi connectivity index (χ3n) is 18.9. The first kappa shape index (κ1) is 83.2. The van der Waals surface area contributed by atoms with Gasteiger partial charge < -0.3 is 28.9 Å². The van der Waals surface area contributed by atoms with E-state index in [4.69, 9.17) is 32.3 Å². The van der Waals surface area contributed by atoms with Gasteiger partial charge in [0.25, 0.3) is 5.91 Å². The number of rotatable bonds is 20. The fourth-order valence-corrected chi connectivity index (χ4v) is 20.0. The number of benzene rings is 12. The molecule has 2 atom stereocenters. The molecule has 7 radical (unpaired) electrons. The molecule has 2 fully saturated rings. The second-order valence-corrected chi connectivity index (χ2v) is 36.0. The number of aromatic carboxylic acids is 1. The third kappa shape index (κ3) is 19.5. The van der Waals surface area contributed by atoms with E-state index in [0.29, 0.717) is 53.0 Å². The fraction of sp³-hybridized carbons (Fsp3) is 0.214. The predicted molar refractivity (Wildman–Crippen MR) is 451 cm³/mol. The van der Waals surface area contributed by atoms with Crippen molar-refractivity contribution in [2.75, 3.05) is 78.9 Å². The van der Waals surface area contributed by atoms with Crippen molar-refractivity contribution in [1.82, 2.24) is 18.8 Å². The van der Waals surface area contributed by atoms with Gasteiger partial charge in [0.15, 0.2) is 11.6 Å². The summed E-state index contributed by atoms with van der Waals surface area (Å²) in [5.41, 5.74) is -0.909. The number of piperazine rings is 2. The minimum Gasteiger partial charge on any atom is -0.478 e. The summed E-state index contributed by atoms with van der Waals surface area (Å²) in [5.74, 6) is -2.59. The van der Waals surface area contributed by atoms with Gasteiger partial charge in [-0.15, -0.1) is 6.58 Å². The second-order valence-electron chi connectivity index (χ2n) is 26.6. The summed E-state index contributed by atoms with van der Waals surface area (Å²) in [6.45, 7) is 15.3. The molecule has 2 aliphatic heterocycles. The highest BCUT2D eigenvalue weighted by atomic mass is 32.2. The number of carbonyl (C=O) groups excluding carboxylic acids is 3. The Balaban J connectivity index is 0.000000179. The molecule has 110 heavy (non-hydrogen) atoms. The van der Waals surface area contributed by atoms with E-state index in [0.717, 1.165) is 60.3 Å². The number of ketones is 2. The van der Waals surface area contributed by atoms with Crippen LogP contribution in [0, 0.1) is 0 Å². The van der Waals surface area contributed by atoms with Crippen molar-refractivity contribution in [3.8, 4) is 0 Å². The van der Waals surface area contributed by atoms with E-state index in [2.05, 4.69) is 18.8 Å². The van der Waals surface area contributed by atoms with Crippen LogP contribution in [-0.2, 0) is 38.2 Å². The molecule has 555 valence electrons. The van der Waals surface area contributed by atoms with Crippen LogP contribution >= 0.6 is 14.7 Å². The normalized spacial score (nSPS) is 14.1. The van der Waals surface area contributed by atoms with Crippen LogP contribution in [0.4, 0.5) is 0 Å². The zero-order chi connectivity index (χ0) is 78.9. The summed E-state index contributed by atoms with van der Waals surface area (Å²) in [6, 6.07) is 73.2. The van der Waals surface area contributed by atoms with Gasteiger partial charge in [0, 0.05) is 100 Å². The van der Waals surface area contributed by atoms with Gasteiger partial charge in [-0.3, -0.25) is 18.9 Å². The van der Waals surface area contributed by atoms with Gasteiger partial charge in [0.2, 0.25) is 20.0 Å². The van der Waals surface area contributed by atoms with Gasteiger partial charge in [-0.25, -0.2) is 21.6 Å². The van der Waals surface area contributed by atoms with Crippen LogP contribution in [0.2, 0.25) is 0 Å². The number of hydrogen-bond donors (Lipinski definition) is 2. The number of sulfonamides is 2. The summed E-state index contributed by atoms with van der Waals surface area (Å²) in [4.78, 5) is 57.5. The fourth-order valence-electron chi connectivity index (χ4n) is 13.4. The van der Waals surface area contributed by atoms with E-state index in [1.807, 2.05) is 164 Å². The van der Waals surface area contributed by atoms with Crippen molar-refractivity contribution in [2.45, 2.75) is 48.3 Å². The van der Waals surface area contributed by atoms with Crippen LogP contribution in [0.25, 0.3) is 64.6 Å². The van der Waals surface area contributed by atoms with Gasteiger partial charge in [-0.1, -0.05) is 207 Å². The van der Waals surface area contributed by atoms with E-state index in [1.54, 1.807) is 115 Å². The molecule has 12 aromatic rings. The summed E-state index contributed by atoms with van der Waals surface area (Å²) < 4.78 is 94.6. The molecule has 2 saturated heterocycles. The molecular weight excluding hydrogens is 1450 g/mol. The average Bonchev–Trinajstić information content (AvgIpc) is 0.759. The first-order valence-electron chi connectivity index (χ1n) is 36.2. The minimum absolute atomic E-state index is 0.0382. The van der Waals surface area contributed by atoms with Crippen molar-refractivity contribution in [3.63, 3.8) is 0 Å². The number of amides is 1. The number of hydrogen-bond acceptors (Lipinski definition) is 13. The Kier molecular flexibility index (Phi) is 28.4. The highest BCUT2D eigenvalue weighted by Gasteiger charge is 2.45. The van der Waals surface area contributed by atoms with Gasteiger partial charge in [-0.2, -0.15) is 8.61 Å². The molecule has 0 bridgehead atoms. The number of fused-ring (bicyclic) bond motifs is 6. The Labute approximate surface area is 649 Å². The smallest absolute Gasteiger partial charge is 0.345 e. The number of nitrogens with zero attached hydrogens (tertiary/aromatic N) is 3. The van der Waals surface area contributed by atoms with Crippen molar-refractivity contribution >= 4 is 160 Å². The number of carboxylic acids is 1. The molecule has 2 aliphatic rings. The van der Waals surface area contributed by atoms with Crippen molar-refractivity contribution in [3.05, 3.63) is 289 Å². The molecule has 0 spiro atoms. The first-order chi connectivity index (χ1) is 52.8. The van der Waals surface area contributed by atoms with Gasteiger partial charge >= 0.3 is 13.6 Å². The largest absolute Gasteiger partial charge is 0.478 e. The molecule has 17 nitrogen and oxygen atoms in total. The lowest BCUT2D eigenvalue weighted by Gasteiger charge is -2.34. The molecule has 2 unspecified atom stereocenters. The highest BCUT2D eigenvalue weighted by molar-refractivity contribution is 7.89. The first-order valence-corrected chi connectivity index (χ1v) is 43.4. The molecule has 0 saturated carbocycles. The summed E-state index contributed by atoms with van der Waals surface area (Å²) in [7, 11) is 1.54. The number of Topliss-reactive ketones (excluding diaryl/α,β-unsaturated/α-hetero) is 2. The van der Waals surface area contributed by atoms with Gasteiger partial charge in [-0.05, 0) is 158 Å². The molecule has 2 heterocycles. The van der Waals surface area contributed by atoms with E-state index < -0.39 is 64.2 Å². The highest BCUT2D eigenvalue weighted by Crippen LogP contribution is 2.63. The number of carboxylic acid groups (broad SMARTS) is 1. The molecule has 12 aromatic carbocycles. The second kappa shape index (κ2) is 37.6. The standard InChI is InChI=1S/C39H35N2O5PS.C27H25O6P.C14H16N2O2S.C4H8.B5/c1-47(2,44)38(34-17-9-15-28-11-7-8-16-33(28)34)37(42)35-25-30-13-5-6-14-31(30)26-36(35)39(43)40-20-22-41(23-21-40)48(45,46)32-19-18-27-10-3-4-12-29(27)24-32;1-3-32-34(31,33-4-2)26(22-15-9-13-18-10-7-8-14-21(18)22)25(28)23-16-19-11-5-6-12-20(19)17-24(23)27(29)30;17-19(18,16-9-7-15-8-10-16)14-6-5-12-3-1-2-4-13(12)11-14;1-3-4-2;1-4-5(2)3/h3-19,24-26,38H,20-23H2,1-2H3;5-17,26H,3-4H2,1-2H3,(H,29,30);1-6,11,15H,7-10H2;3H,1,4H2,2H3;. The predicted octanol–water partition coefficient (Wildman–Crippen LogP) is 15.8. The lowest BCUT2D eigenvalue weighted by Crippen LogP contribution is -2.50. The topological polar surface area (TPSA) is 231 Å². The zero-order valence-electron chi connectivity index (χ0n) is 62.1. The molecule has 14 rings (SSSR count). The van der Waals surface area contributed by atoms with Gasteiger partial charge in [0.05, 0.1) is 41.3 Å². The van der Waals surface area contributed by atoms with Crippen LogP contribution < -0.4 is 5.32 Å². The quantitative estimate of drug-likeness (QED) is 0.0313. The maximum Gasteiger partial charge on any atom is 0.345 e. The molecular formula is C84H84B5N4O13P2S2. The lowest BCUT2D eigenvalue weighted by atomic mass is 8.97. The van der Waals surface area contributed by atoms with Crippen LogP contribution in [-0.4, -0.2) is 174 Å². The molecule has 0 aliphatic carbocycles. The summed E-state index contributed by atoms with van der Waals surface area (Å²) >= 11 is 0. The average molecular weight is 1540 g/mol. The Morgan fingerprint density at radius 3 is 1.22 bits per heavy atom. The maximum absolute atomic E-state index is 14.7. The van der Waals surface area contributed by atoms with Gasteiger partial charge in [0.1, 0.15) is 11.3 Å². The van der Waals surface area contributed by atoms with Crippen LogP contribution in [0.3, 0.4) is 0 Å². The maximum atomic E-state index is 14.7. The Morgan fingerprint density at radius 1 is 0.491 bits per heavy atom. The van der Waals surface area contributed by atoms with Crippen molar-refractivity contribution < 1.29 is 59.3 Å². The summed E-state index contributed by atoms with van der Waals surface area (Å²) in [6.07, 6.45) is 2.50. The lowest BCUT2D eigenvalue weighted by molar-refractivity contribution is 0.0686. The van der Waals surface area contributed by atoms with E-state index in [9.17, 15) is 50.3 Å². The SMILES string of the molecule is C=CCC.CCOP(=O)(OCC)C(C(=O)c1cc2ccccc2cc1C(=O)O)c1cccc2ccccc12.CP(C)(=O)C(C(=O)c1cc2ccccc2cc1C(=O)N1CCN(S(=O)(=O)c2ccc3ccccc3c2)CC1)c1cccc2ccccc12.O=S(=O)(c1ccc2ccccc2c1)N1CCNCC1.[B][B]B([B])[B]. The van der Waals surface area contributed by atoms with Crippen molar-refractivity contribution in [1.29, 1.82) is 0 Å². The third-order valence-corrected chi connectivity index (χ3v) is 26.8. The minimum atomic E-state index is -4.03. The number of carbonyl (C=O) groups is 4. The van der Waals surface area contributed by atoms with E-state index in [-0.39, 0.29) is 78.2 Å². The molecule has 26 heteroatoms. The molecule has 2 N–H and O–H groups in total. The van der Waals surface area contributed by atoms with Crippen LogP contribution in [0.15, 0.2) is 265 Å². The van der Waals surface area contributed by atoms with E-state index in [1.165, 1.54) is 17.4 Å². The molecule has 0 aromatic heterocycles.